The van der Waals surface area contributed by atoms with E-state index in [1.165, 1.54) is 44.1 Å². The molecule has 0 radical (unpaired) electrons. The number of hydrogen-bond donors (Lipinski definition) is 0. The zero-order valence-electron chi connectivity index (χ0n) is 26.0. The number of carbonyl (C=O) groups is 1. The third-order valence-electron chi connectivity index (χ3n) is 9.91. The van der Waals surface area contributed by atoms with E-state index in [0.717, 1.165) is 77.0 Å². The number of fused-ring (bicyclic) bond motifs is 1. The van der Waals surface area contributed by atoms with Crippen molar-refractivity contribution < 1.29 is 19.1 Å². The Morgan fingerprint density at radius 3 is 2.69 bits per heavy atom. The minimum atomic E-state index is -0.420. The number of pyridine rings is 1. The van der Waals surface area contributed by atoms with Gasteiger partial charge in [0.1, 0.15) is 23.9 Å². The van der Waals surface area contributed by atoms with Gasteiger partial charge in [-0.05, 0) is 102 Å². The smallest absolute Gasteiger partial charge is 0.340 e. The molecule has 2 aromatic heterocycles. The number of ether oxygens (including phenoxy) is 2. The Balaban J connectivity index is 1.10. The van der Waals surface area contributed by atoms with Gasteiger partial charge < -0.3 is 19.3 Å². The van der Waals surface area contributed by atoms with Gasteiger partial charge in [0, 0.05) is 44.5 Å². The van der Waals surface area contributed by atoms with Crippen LogP contribution < -0.4 is 4.74 Å². The average Bonchev–Trinajstić information content (AvgIpc) is 3.80. The summed E-state index contributed by atoms with van der Waals surface area (Å²) < 4.78 is 12.2. The molecule has 0 unspecified atom stereocenters. The Bertz CT molecular complexity index is 1790. The quantitative estimate of drug-likeness (QED) is 0.198. The van der Waals surface area contributed by atoms with Crippen molar-refractivity contribution in [3.05, 3.63) is 62.9 Å². The van der Waals surface area contributed by atoms with E-state index in [-0.39, 0.29) is 5.41 Å². The highest BCUT2D eigenvalue weighted by atomic mass is 35.5. The lowest BCUT2D eigenvalue weighted by molar-refractivity contribution is 0.0603. The minimum Gasteiger partial charge on any atom is -0.491 e. The van der Waals surface area contributed by atoms with E-state index < -0.39 is 5.97 Å². The van der Waals surface area contributed by atoms with Crippen molar-refractivity contribution in [3.63, 3.8) is 0 Å². The van der Waals surface area contributed by atoms with E-state index in [1.807, 2.05) is 36.9 Å². The third kappa shape index (κ3) is 5.72. The van der Waals surface area contributed by atoms with Gasteiger partial charge in [0.15, 0.2) is 5.94 Å². The van der Waals surface area contributed by atoms with E-state index in [1.54, 1.807) is 11.4 Å². The number of aryl methyl sites for hydroxylation is 1. The van der Waals surface area contributed by atoms with E-state index >= 15 is 0 Å². The van der Waals surface area contributed by atoms with Gasteiger partial charge in [-0.25, -0.2) is 14.6 Å². The summed E-state index contributed by atoms with van der Waals surface area (Å²) in [5.41, 5.74) is 6.48. The zero-order chi connectivity index (χ0) is 31.3. The standard InChI is InChI=1S/C35H37ClN4O4S/c1-21-16-26(33-32(37-21)28(20-45-33)34(42)43-3)25-17-23(36)4-7-31(25)44-15-14-40-22(2)38-29-8-9-35(18-27(29)30(40)19-41)10-12-39(13-11-35)24-5-6-24/h4,7,16-17,20,24H,5-6,8-15,18H2,1-3H3. The van der Waals surface area contributed by atoms with Gasteiger partial charge in [0.2, 0.25) is 0 Å². The zero-order valence-corrected chi connectivity index (χ0v) is 27.5. The molecule has 0 bridgehead atoms. The van der Waals surface area contributed by atoms with Crippen LogP contribution >= 0.6 is 22.9 Å². The first-order valence-electron chi connectivity index (χ1n) is 15.7. The lowest BCUT2D eigenvalue weighted by atomic mass is 9.66. The van der Waals surface area contributed by atoms with Crippen LogP contribution in [0.2, 0.25) is 5.02 Å². The molecule has 0 N–H and O–H groups in total. The molecule has 7 rings (SSSR count). The third-order valence-corrected chi connectivity index (χ3v) is 11.2. The number of likely N-dealkylation sites (tertiary alicyclic amines) is 1. The molecule has 4 heterocycles. The number of aromatic nitrogens is 1. The number of allylic oxidation sites excluding steroid dienone is 2. The number of esters is 1. The van der Waals surface area contributed by atoms with Crippen LogP contribution in [0.1, 0.15) is 67.9 Å². The number of thiophene rings is 1. The Kier molecular flexibility index (Phi) is 8.07. The van der Waals surface area contributed by atoms with Crippen molar-refractivity contribution in [1.29, 1.82) is 0 Å². The molecule has 2 fully saturated rings. The molecule has 2 aliphatic carbocycles. The number of nitrogens with zero attached hydrogens (tertiary/aromatic N) is 4. The molecule has 1 saturated heterocycles. The molecule has 0 atom stereocenters. The number of rotatable bonds is 7. The maximum atomic E-state index is 12.5. The summed E-state index contributed by atoms with van der Waals surface area (Å²) in [6.07, 6.45) is 8.02. The minimum absolute atomic E-state index is 0.247. The Morgan fingerprint density at radius 1 is 1.16 bits per heavy atom. The van der Waals surface area contributed by atoms with E-state index in [0.29, 0.717) is 40.7 Å². The molecule has 4 aliphatic rings. The second kappa shape index (κ2) is 12.0. The van der Waals surface area contributed by atoms with E-state index in [4.69, 9.17) is 26.1 Å². The topological polar surface area (TPSA) is 84.3 Å². The first kappa shape index (κ1) is 30.2. The van der Waals surface area contributed by atoms with Crippen molar-refractivity contribution in [2.75, 3.05) is 33.4 Å². The molecular formula is C35H37ClN4O4S. The maximum absolute atomic E-state index is 12.5. The number of amidine groups is 1. The Hall–Kier alpha value is -3.49. The molecule has 2 aliphatic heterocycles. The van der Waals surface area contributed by atoms with Gasteiger partial charge in [-0.3, -0.25) is 4.98 Å². The number of halogens is 1. The van der Waals surface area contributed by atoms with Crippen molar-refractivity contribution in [2.45, 2.75) is 64.8 Å². The van der Waals surface area contributed by atoms with Gasteiger partial charge in [0.05, 0.1) is 29.4 Å². The number of hydrogen-bond acceptors (Lipinski definition) is 9. The summed E-state index contributed by atoms with van der Waals surface area (Å²) in [5.74, 6) is 3.34. The van der Waals surface area contributed by atoms with Crippen LogP contribution in [-0.4, -0.2) is 71.9 Å². The van der Waals surface area contributed by atoms with Crippen molar-refractivity contribution >= 4 is 50.9 Å². The van der Waals surface area contributed by atoms with E-state index in [9.17, 15) is 9.59 Å². The number of piperidine rings is 1. The predicted molar refractivity (Wildman–Crippen MR) is 178 cm³/mol. The summed E-state index contributed by atoms with van der Waals surface area (Å²) in [6, 6.07) is 8.33. The fourth-order valence-electron chi connectivity index (χ4n) is 7.32. The number of carbonyl (C=O) groups excluding carboxylic acids is 2. The summed E-state index contributed by atoms with van der Waals surface area (Å²) in [4.78, 5) is 39.2. The number of benzene rings is 1. The summed E-state index contributed by atoms with van der Waals surface area (Å²) in [6.45, 7) is 6.96. The molecular weight excluding hydrogens is 608 g/mol. The van der Waals surface area contributed by atoms with Gasteiger partial charge in [0.25, 0.3) is 0 Å². The van der Waals surface area contributed by atoms with Crippen LogP contribution in [0.4, 0.5) is 0 Å². The van der Waals surface area contributed by atoms with Crippen LogP contribution in [0.3, 0.4) is 0 Å². The number of methoxy groups -OCH3 is 1. The maximum Gasteiger partial charge on any atom is 0.340 e. The van der Waals surface area contributed by atoms with Crippen molar-refractivity contribution in [1.82, 2.24) is 14.8 Å². The molecule has 45 heavy (non-hydrogen) atoms. The largest absolute Gasteiger partial charge is 0.491 e. The average molecular weight is 645 g/mol. The van der Waals surface area contributed by atoms with Crippen LogP contribution in [0.15, 0.2) is 51.6 Å². The van der Waals surface area contributed by atoms with E-state index in [2.05, 4.69) is 15.8 Å². The monoisotopic (exact) mass is 644 g/mol. The second-order valence-corrected chi connectivity index (χ2v) is 14.1. The summed E-state index contributed by atoms with van der Waals surface area (Å²) in [7, 11) is 1.37. The highest BCUT2D eigenvalue weighted by Crippen LogP contribution is 2.50. The molecule has 0 amide bonds. The molecule has 1 aromatic carbocycles. The molecule has 3 aromatic rings. The predicted octanol–water partition coefficient (Wildman–Crippen LogP) is 7.22. The van der Waals surface area contributed by atoms with Gasteiger partial charge in [-0.2, -0.15) is 0 Å². The second-order valence-electron chi connectivity index (χ2n) is 12.7. The normalized spacial score (nSPS) is 19.9. The van der Waals surface area contributed by atoms with Crippen LogP contribution in [0.25, 0.3) is 21.3 Å². The highest BCUT2D eigenvalue weighted by molar-refractivity contribution is 7.18. The highest BCUT2D eigenvalue weighted by Gasteiger charge is 2.43. The first-order valence-corrected chi connectivity index (χ1v) is 17.0. The summed E-state index contributed by atoms with van der Waals surface area (Å²) >= 11 is 7.92. The summed E-state index contributed by atoms with van der Waals surface area (Å²) in [5, 5.41) is 2.35. The molecule has 8 nitrogen and oxygen atoms in total. The Morgan fingerprint density at radius 2 is 1.96 bits per heavy atom. The fraction of sp³-hybridized carbons (Fsp3) is 0.457. The SMILES string of the molecule is COC(=O)c1csc2c(-c3cc(Cl)ccc3OCCN3C(=C=O)C4=C(CCC5(CCN(C6CC6)CC5)C4)N=C3C)cc(C)nc12. The molecule has 10 heteroatoms. The van der Waals surface area contributed by atoms with Crippen molar-refractivity contribution in [2.24, 2.45) is 10.4 Å². The van der Waals surface area contributed by atoms with Crippen LogP contribution in [0.5, 0.6) is 5.75 Å². The number of aliphatic imine (C=N–C) groups is 1. The van der Waals surface area contributed by atoms with Crippen molar-refractivity contribution in [3.8, 4) is 16.9 Å². The lowest BCUT2D eigenvalue weighted by Gasteiger charge is -2.46. The molecule has 234 valence electrons. The molecule has 1 spiro atoms. The van der Waals surface area contributed by atoms with Crippen LogP contribution in [0, 0.1) is 12.3 Å². The first-order chi connectivity index (χ1) is 21.8. The lowest BCUT2D eigenvalue weighted by Crippen LogP contribution is -2.44. The van der Waals surface area contributed by atoms with Gasteiger partial charge in [-0.15, -0.1) is 11.3 Å². The van der Waals surface area contributed by atoms with Gasteiger partial charge >= 0.3 is 5.97 Å². The van der Waals surface area contributed by atoms with Crippen LogP contribution in [-0.2, 0) is 9.53 Å². The van der Waals surface area contributed by atoms with Gasteiger partial charge in [-0.1, -0.05) is 11.6 Å². The molecule has 1 saturated carbocycles. The Labute approximate surface area is 272 Å². The fourth-order valence-corrected chi connectivity index (χ4v) is 8.50.